The summed E-state index contributed by atoms with van der Waals surface area (Å²) in [4.78, 5) is 15.6. The number of benzene rings is 1. The van der Waals surface area contributed by atoms with Crippen molar-refractivity contribution in [2.24, 2.45) is 0 Å². The lowest BCUT2D eigenvalue weighted by Crippen LogP contribution is -2.29. The van der Waals surface area contributed by atoms with Crippen LogP contribution in [0.3, 0.4) is 0 Å². The molecule has 0 radical (unpaired) electrons. The number of rotatable bonds is 7. The number of halogens is 1. The second-order valence-corrected chi connectivity index (χ2v) is 4.57. The molecule has 0 atom stereocenters. The first kappa shape index (κ1) is 14.3. The molecule has 20 heavy (non-hydrogen) atoms. The van der Waals surface area contributed by atoms with E-state index in [2.05, 4.69) is 20.5 Å². The number of aryl methyl sites for hydroxylation is 1. The summed E-state index contributed by atoms with van der Waals surface area (Å²) in [7, 11) is 0. The molecule has 0 aliphatic heterocycles. The number of aromatic nitrogens is 3. The SMILES string of the molecule is O=C(COc1cccc(Cl)c1)NCCCc1ncn[nH]1. The number of hydrogen-bond donors (Lipinski definition) is 2. The largest absolute Gasteiger partial charge is 0.484 e. The Morgan fingerprint density at radius 2 is 2.35 bits per heavy atom. The van der Waals surface area contributed by atoms with Crippen molar-refractivity contribution in [3.63, 3.8) is 0 Å². The molecule has 2 rings (SSSR count). The summed E-state index contributed by atoms with van der Waals surface area (Å²) in [5.41, 5.74) is 0. The van der Waals surface area contributed by atoms with Crippen LogP contribution in [0.15, 0.2) is 30.6 Å². The quantitative estimate of drug-likeness (QED) is 0.760. The number of aromatic amines is 1. The van der Waals surface area contributed by atoms with Gasteiger partial charge in [-0.3, -0.25) is 9.89 Å². The van der Waals surface area contributed by atoms with E-state index in [0.29, 0.717) is 17.3 Å². The number of hydrogen-bond acceptors (Lipinski definition) is 4. The predicted octanol–water partition coefficient (Wildman–Crippen LogP) is 1.59. The molecule has 1 aromatic heterocycles. The zero-order chi connectivity index (χ0) is 14.2. The molecule has 0 saturated carbocycles. The van der Waals surface area contributed by atoms with Crippen LogP contribution in [0.2, 0.25) is 5.02 Å². The molecule has 106 valence electrons. The van der Waals surface area contributed by atoms with E-state index in [-0.39, 0.29) is 12.5 Å². The zero-order valence-electron chi connectivity index (χ0n) is 10.8. The van der Waals surface area contributed by atoms with E-state index in [9.17, 15) is 4.79 Å². The van der Waals surface area contributed by atoms with Gasteiger partial charge in [0, 0.05) is 18.0 Å². The lowest BCUT2D eigenvalue weighted by molar-refractivity contribution is -0.123. The van der Waals surface area contributed by atoms with Crippen LogP contribution < -0.4 is 10.1 Å². The molecule has 2 N–H and O–H groups in total. The number of carbonyl (C=O) groups excluding carboxylic acids is 1. The standard InChI is InChI=1S/C13H15ClN4O2/c14-10-3-1-4-11(7-10)20-8-13(19)15-6-2-5-12-16-9-17-18-12/h1,3-4,7,9H,2,5-6,8H2,(H,15,19)(H,16,17,18). The maximum Gasteiger partial charge on any atom is 0.257 e. The van der Waals surface area contributed by atoms with Crippen molar-refractivity contribution in [3.05, 3.63) is 41.4 Å². The van der Waals surface area contributed by atoms with Gasteiger partial charge in [0.15, 0.2) is 6.61 Å². The molecule has 1 heterocycles. The van der Waals surface area contributed by atoms with Crippen LogP contribution in [0.4, 0.5) is 0 Å². The van der Waals surface area contributed by atoms with Gasteiger partial charge in [0.25, 0.3) is 5.91 Å². The normalized spacial score (nSPS) is 10.2. The van der Waals surface area contributed by atoms with Crippen LogP contribution in [0.5, 0.6) is 5.75 Å². The third-order valence-electron chi connectivity index (χ3n) is 2.54. The molecule has 0 bridgehead atoms. The molecule has 1 amide bonds. The molecule has 0 unspecified atom stereocenters. The number of nitrogens with one attached hydrogen (secondary N) is 2. The van der Waals surface area contributed by atoms with Gasteiger partial charge < -0.3 is 10.1 Å². The smallest absolute Gasteiger partial charge is 0.257 e. The van der Waals surface area contributed by atoms with Gasteiger partial charge in [0.05, 0.1) is 0 Å². The van der Waals surface area contributed by atoms with Crippen LogP contribution in [0.25, 0.3) is 0 Å². The second-order valence-electron chi connectivity index (χ2n) is 4.13. The molecule has 0 saturated heterocycles. The predicted molar refractivity (Wildman–Crippen MR) is 74.7 cm³/mol. The number of carbonyl (C=O) groups is 1. The molecule has 6 nitrogen and oxygen atoms in total. The van der Waals surface area contributed by atoms with Crippen molar-refractivity contribution < 1.29 is 9.53 Å². The summed E-state index contributed by atoms with van der Waals surface area (Å²) in [6.45, 7) is 0.543. The first-order valence-electron chi connectivity index (χ1n) is 6.23. The summed E-state index contributed by atoms with van der Waals surface area (Å²) in [6, 6.07) is 6.94. The fourth-order valence-corrected chi connectivity index (χ4v) is 1.77. The van der Waals surface area contributed by atoms with Crippen LogP contribution in [-0.4, -0.2) is 34.2 Å². The van der Waals surface area contributed by atoms with E-state index in [1.54, 1.807) is 24.3 Å². The average Bonchev–Trinajstić information content (AvgIpc) is 2.95. The summed E-state index contributed by atoms with van der Waals surface area (Å²) in [5.74, 6) is 1.23. The van der Waals surface area contributed by atoms with Gasteiger partial charge in [-0.2, -0.15) is 5.10 Å². The molecule has 0 aliphatic rings. The topological polar surface area (TPSA) is 79.9 Å². The number of amides is 1. The Morgan fingerprint density at radius 1 is 1.45 bits per heavy atom. The highest BCUT2D eigenvalue weighted by Gasteiger charge is 2.03. The van der Waals surface area contributed by atoms with Gasteiger partial charge in [-0.15, -0.1) is 0 Å². The van der Waals surface area contributed by atoms with Crippen LogP contribution >= 0.6 is 11.6 Å². The highest BCUT2D eigenvalue weighted by atomic mass is 35.5. The van der Waals surface area contributed by atoms with E-state index in [4.69, 9.17) is 16.3 Å². The fraction of sp³-hybridized carbons (Fsp3) is 0.308. The molecule has 0 spiro atoms. The number of H-pyrrole nitrogens is 1. The van der Waals surface area contributed by atoms with Gasteiger partial charge in [0.2, 0.25) is 0 Å². The van der Waals surface area contributed by atoms with Crippen molar-refractivity contribution >= 4 is 17.5 Å². The van der Waals surface area contributed by atoms with E-state index in [1.165, 1.54) is 6.33 Å². The third-order valence-corrected chi connectivity index (χ3v) is 2.78. The monoisotopic (exact) mass is 294 g/mol. The van der Waals surface area contributed by atoms with Gasteiger partial charge in [0.1, 0.15) is 17.9 Å². The van der Waals surface area contributed by atoms with Crippen molar-refractivity contribution in [2.75, 3.05) is 13.2 Å². The maximum absolute atomic E-state index is 11.6. The highest BCUT2D eigenvalue weighted by molar-refractivity contribution is 6.30. The minimum Gasteiger partial charge on any atom is -0.484 e. The van der Waals surface area contributed by atoms with Crippen LogP contribution in [0, 0.1) is 0 Å². The Bertz CT molecular complexity index is 545. The van der Waals surface area contributed by atoms with E-state index in [0.717, 1.165) is 18.7 Å². The Morgan fingerprint density at radius 3 is 3.10 bits per heavy atom. The van der Waals surface area contributed by atoms with Crippen LogP contribution in [-0.2, 0) is 11.2 Å². The van der Waals surface area contributed by atoms with Crippen molar-refractivity contribution in [2.45, 2.75) is 12.8 Å². The Kier molecular flexibility index (Phi) is 5.37. The van der Waals surface area contributed by atoms with Crippen molar-refractivity contribution in [3.8, 4) is 5.75 Å². The minimum atomic E-state index is -0.164. The maximum atomic E-state index is 11.6. The first-order valence-corrected chi connectivity index (χ1v) is 6.61. The molecule has 0 fully saturated rings. The Hall–Kier alpha value is -2.08. The summed E-state index contributed by atoms with van der Waals surface area (Å²) < 4.78 is 5.33. The number of nitrogens with zero attached hydrogens (tertiary/aromatic N) is 2. The summed E-state index contributed by atoms with van der Waals surface area (Å²) in [6.07, 6.45) is 3.00. The minimum absolute atomic E-state index is 0.0251. The van der Waals surface area contributed by atoms with E-state index >= 15 is 0 Å². The lowest BCUT2D eigenvalue weighted by Gasteiger charge is -2.07. The average molecular weight is 295 g/mol. The number of ether oxygens (including phenoxy) is 1. The summed E-state index contributed by atoms with van der Waals surface area (Å²) in [5, 5.41) is 9.87. The highest BCUT2D eigenvalue weighted by Crippen LogP contribution is 2.16. The van der Waals surface area contributed by atoms with Gasteiger partial charge >= 0.3 is 0 Å². The fourth-order valence-electron chi connectivity index (χ4n) is 1.59. The van der Waals surface area contributed by atoms with Gasteiger partial charge in [-0.1, -0.05) is 17.7 Å². The molecule has 0 aliphatic carbocycles. The molecule has 1 aromatic carbocycles. The van der Waals surface area contributed by atoms with Gasteiger partial charge in [-0.05, 0) is 24.6 Å². The van der Waals surface area contributed by atoms with Gasteiger partial charge in [-0.25, -0.2) is 4.98 Å². The van der Waals surface area contributed by atoms with Crippen molar-refractivity contribution in [1.29, 1.82) is 0 Å². The summed E-state index contributed by atoms with van der Waals surface area (Å²) >= 11 is 5.82. The second kappa shape index (κ2) is 7.49. The van der Waals surface area contributed by atoms with E-state index in [1.807, 2.05) is 0 Å². The molecular weight excluding hydrogens is 280 g/mol. The zero-order valence-corrected chi connectivity index (χ0v) is 11.6. The first-order chi connectivity index (χ1) is 9.74. The molecular formula is C13H15ClN4O2. The van der Waals surface area contributed by atoms with Crippen LogP contribution in [0.1, 0.15) is 12.2 Å². The van der Waals surface area contributed by atoms with E-state index < -0.39 is 0 Å². The van der Waals surface area contributed by atoms with Crippen molar-refractivity contribution in [1.82, 2.24) is 20.5 Å². The third kappa shape index (κ3) is 4.89. The Labute approximate surface area is 121 Å². The Balaban J connectivity index is 1.61. The molecule has 2 aromatic rings. The molecule has 7 heteroatoms. The lowest BCUT2D eigenvalue weighted by atomic mass is 10.3.